The molecule has 5 nitrogen and oxygen atoms in total. The molecule has 1 heterocycles. The Balaban J connectivity index is 1.64. The molecule has 0 atom stereocenters. The van der Waals surface area contributed by atoms with Crippen LogP contribution in [0.4, 0.5) is 4.39 Å². The van der Waals surface area contributed by atoms with E-state index in [9.17, 15) is 14.0 Å². The van der Waals surface area contributed by atoms with Gasteiger partial charge in [0.1, 0.15) is 11.6 Å². The van der Waals surface area contributed by atoms with Crippen LogP contribution >= 0.6 is 11.6 Å². The van der Waals surface area contributed by atoms with Crippen LogP contribution in [0.2, 0.25) is 5.02 Å². The van der Waals surface area contributed by atoms with E-state index in [4.69, 9.17) is 16.0 Å². The van der Waals surface area contributed by atoms with E-state index in [1.807, 2.05) is 0 Å². The van der Waals surface area contributed by atoms with Crippen molar-refractivity contribution in [1.29, 1.82) is 0 Å². The van der Waals surface area contributed by atoms with E-state index >= 15 is 0 Å². The Kier molecular flexibility index (Phi) is 4.81. The Bertz CT molecular complexity index is 922. The fourth-order valence-electron chi connectivity index (χ4n) is 2.11. The first-order chi connectivity index (χ1) is 12.0. The minimum Gasteiger partial charge on any atom is -0.451 e. The van der Waals surface area contributed by atoms with Gasteiger partial charge in [0.25, 0.3) is 5.91 Å². The number of benzene rings is 2. The Morgan fingerprint density at radius 3 is 2.36 bits per heavy atom. The highest BCUT2D eigenvalue weighted by molar-refractivity contribution is 6.30. The van der Waals surface area contributed by atoms with Gasteiger partial charge in [-0.3, -0.25) is 20.4 Å². The van der Waals surface area contributed by atoms with E-state index < -0.39 is 11.8 Å². The van der Waals surface area contributed by atoms with Crippen molar-refractivity contribution in [3.63, 3.8) is 0 Å². The van der Waals surface area contributed by atoms with Crippen LogP contribution in [0.3, 0.4) is 0 Å². The van der Waals surface area contributed by atoms with Crippen LogP contribution in [0.15, 0.2) is 65.1 Å². The lowest BCUT2D eigenvalue weighted by atomic mass is 10.2. The summed E-state index contributed by atoms with van der Waals surface area (Å²) in [6.45, 7) is 0. The van der Waals surface area contributed by atoms with Crippen molar-refractivity contribution < 1.29 is 18.4 Å². The highest BCUT2D eigenvalue weighted by Crippen LogP contribution is 2.22. The Morgan fingerprint density at radius 1 is 0.920 bits per heavy atom. The van der Waals surface area contributed by atoms with E-state index in [0.29, 0.717) is 21.9 Å². The molecule has 0 radical (unpaired) electrons. The van der Waals surface area contributed by atoms with Crippen molar-refractivity contribution in [2.75, 3.05) is 0 Å². The van der Waals surface area contributed by atoms with E-state index in [2.05, 4.69) is 10.9 Å². The van der Waals surface area contributed by atoms with Crippen LogP contribution in [0.5, 0.6) is 0 Å². The number of nitrogens with one attached hydrogen (secondary N) is 2. The summed E-state index contributed by atoms with van der Waals surface area (Å²) in [6, 6.07) is 15.0. The summed E-state index contributed by atoms with van der Waals surface area (Å²) in [4.78, 5) is 24.0. The molecule has 25 heavy (non-hydrogen) atoms. The number of hydrogen-bond acceptors (Lipinski definition) is 3. The van der Waals surface area contributed by atoms with Gasteiger partial charge in [0, 0.05) is 16.1 Å². The van der Waals surface area contributed by atoms with E-state index in [0.717, 1.165) is 0 Å². The molecule has 0 aliphatic carbocycles. The summed E-state index contributed by atoms with van der Waals surface area (Å²) in [7, 11) is 0. The average Bonchev–Trinajstić information content (AvgIpc) is 3.10. The van der Waals surface area contributed by atoms with Crippen molar-refractivity contribution in [3.8, 4) is 11.3 Å². The van der Waals surface area contributed by atoms with Crippen molar-refractivity contribution in [2.24, 2.45) is 0 Å². The molecule has 3 rings (SSSR count). The second-order valence-electron chi connectivity index (χ2n) is 5.09. The van der Waals surface area contributed by atoms with E-state index in [1.165, 1.54) is 36.4 Å². The predicted octanol–water partition coefficient (Wildman–Crippen LogP) is 3.81. The van der Waals surface area contributed by atoms with E-state index in [1.54, 1.807) is 24.3 Å². The fourth-order valence-corrected chi connectivity index (χ4v) is 2.30. The maximum atomic E-state index is 12.9. The normalized spacial score (nSPS) is 10.3. The molecule has 0 aliphatic heterocycles. The first-order valence-electron chi connectivity index (χ1n) is 7.25. The Labute approximate surface area is 147 Å². The van der Waals surface area contributed by atoms with Crippen molar-refractivity contribution >= 4 is 23.4 Å². The largest absolute Gasteiger partial charge is 0.451 e. The molecule has 2 amide bonds. The molecular weight excluding hydrogens is 347 g/mol. The summed E-state index contributed by atoms with van der Waals surface area (Å²) >= 11 is 5.81. The van der Waals surface area contributed by atoms with Gasteiger partial charge in [-0.2, -0.15) is 0 Å². The zero-order chi connectivity index (χ0) is 17.8. The van der Waals surface area contributed by atoms with Gasteiger partial charge >= 0.3 is 5.91 Å². The number of amides is 2. The highest BCUT2D eigenvalue weighted by Gasteiger charge is 2.14. The fraction of sp³-hybridized carbons (Fsp3) is 0. The first kappa shape index (κ1) is 16.7. The van der Waals surface area contributed by atoms with Crippen LogP contribution < -0.4 is 10.9 Å². The molecule has 2 aromatic carbocycles. The van der Waals surface area contributed by atoms with E-state index in [-0.39, 0.29) is 11.6 Å². The monoisotopic (exact) mass is 358 g/mol. The highest BCUT2D eigenvalue weighted by atomic mass is 35.5. The minimum atomic E-state index is -0.622. The molecular formula is C18H12ClFN2O3. The van der Waals surface area contributed by atoms with Crippen LogP contribution in [-0.4, -0.2) is 11.8 Å². The maximum absolute atomic E-state index is 12.9. The molecule has 0 unspecified atom stereocenters. The molecule has 0 aliphatic rings. The topological polar surface area (TPSA) is 71.3 Å². The molecule has 3 aromatic rings. The van der Waals surface area contributed by atoms with Gasteiger partial charge < -0.3 is 4.42 Å². The quantitative estimate of drug-likeness (QED) is 0.699. The number of hydrazine groups is 1. The SMILES string of the molecule is O=C(NNC(=O)c1ccc(-c2ccc(F)cc2)o1)c1cccc(Cl)c1. The van der Waals surface area contributed by atoms with Gasteiger partial charge in [-0.1, -0.05) is 17.7 Å². The summed E-state index contributed by atoms with van der Waals surface area (Å²) in [6.07, 6.45) is 0. The third-order valence-corrected chi connectivity index (χ3v) is 3.57. The lowest BCUT2D eigenvalue weighted by Crippen LogP contribution is -2.41. The molecule has 7 heteroatoms. The van der Waals surface area contributed by atoms with Gasteiger partial charge in [-0.05, 0) is 54.6 Å². The lowest BCUT2D eigenvalue weighted by molar-refractivity contribution is 0.0831. The van der Waals surface area contributed by atoms with Crippen molar-refractivity contribution in [2.45, 2.75) is 0 Å². The zero-order valence-corrected chi connectivity index (χ0v) is 13.5. The van der Waals surface area contributed by atoms with Gasteiger partial charge in [0.15, 0.2) is 5.76 Å². The first-order valence-corrected chi connectivity index (χ1v) is 7.63. The molecule has 1 aromatic heterocycles. The number of halogens is 2. The van der Waals surface area contributed by atoms with Gasteiger partial charge in [0.05, 0.1) is 0 Å². The lowest BCUT2D eigenvalue weighted by Gasteiger charge is -2.06. The number of furan rings is 1. The van der Waals surface area contributed by atoms with Crippen LogP contribution in [-0.2, 0) is 0 Å². The van der Waals surface area contributed by atoms with Gasteiger partial charge in [-0.15, -0.1) is 0 Å². The summed E-state index contributed by atoms with van der Waals surface area (Å²) in [5, 5.41) is 0.411. The molecule has 0 spiro atoms. The number of carbonyl (C=O) groups is 2. The minimum absolute atomic E-state index is 0.00530. The van der Waals surface area contributed by atoms with Gasteiger partial charge in [0.2, 0.25) is 0 Å². The molecule has 0 fully saturated rings. The molecule has 0 bridgehead atoms. The number of rotatable bonds is 3. The summed E-state index contributed by atoms with van der Waals surface area (Å²) in [5.41, 5.74) is 5.46. The average molecular weight is 359 g/mol. The standard InChI is InChI=1S/C18H12ClFN2O3/c19-13-3-1-2-12(10-13)17(23)21-22-18(24)16-9-8-15(25-16)11-4-6-14(20)7-5-11/h1-10H,(H,21,23)(H,22,24). The third kappa shape index (κ3) is 4.05. The summed E-state index contributed by atoms with van der Waals surface area (Å²) in [5.74, 6) is -1.08. The van der Waals surface area contributed by atoms with Crippen LogP contribution in [0.25, 0.3) is 11.3 Å². The molecule has 0 saturated carbocycles. The number of carbonyl (C=O) groups excluding carboxylic acids is 2. The van der Waals surface area contributed by atoms with Gasteiger partial charge in [-0.25, -0.2) is 4.39 Å². The Hall–Kier alpha value is -3.12. The zero-order valence-electron chi connectivity index (χ0n) is 12.8. The third-order valence-electron chi connectivity index (χ3n) is 3.33. The smallest absolute Gasteiger partial charge is 0.305 e. The second-order valence-corrected chi connectivity index (χ2v) is 5.53. The summed E-state index contributed by atoms with van der Waals surface area (Å²) < 4.78 is 18.4. The molecule has 2 N–H and O–H groups in total. The predicted molar refractivity (Wildman–Crippen MR) is 90.5 cm³/mol. The van der Waals surface area contributed by atoms with Crippen LogP contribution in [0.1, 0.15) is 20.9 Å². The van der Waals surface area contributed by atoms with Crippen molar-refractivity contribution in [1.82, 2.24) is 10.9 Å². The number of hydrogen-bond donors (Lipinski definition) is 2. The van der Waals surface area contributed by atoms with Crippen molar-refractivity contribution in [3.05, 3.63) is 82.8 Å². The van der Waals surface area contributed by atoms with Crippen LogP contribution in [0, 0.1) is 5.82 Å². The maximum Gasteiger partial charge on any atom is 0.305 e. The second kappa shape index (κ2) is 7.19. The molecule has 126 valence electrons. The molecule has 0 saturated heterocycles. The Morgan fingerprint density at radius 2 is 1.64 bits per heavy atom.